The van der Waals surface area contributed by atoms with Crippen molar-refractivity contribution in [2.75, 3.05) is 47.4 Å². The van der Waals surface area contributed by atoms with E-state index >= 15 is 0 Å². The second-order valence-corrected chi connectivity index (χ2v) is 13.0. The van der Waals surface area contributed by atoms with Crippen LogP contribution < -0.4 is 24.8 Å². The summed E-state index contributed by atoms with van der Waals surface area (Å²) < 4.78 is 16.4. The molecule has 0 radical (unpaired) electrons. The number of methoxy groups -OCH3 is 2. The lowest BCUT2D eigenvalue weighted by atomic mass is 9.79. The van der Waals surface area contributed by atoms with E-state index in [2.05, 4.69) is 20.8 Å². The molecule has 50 heavy (non-hydrogen) atoms. The fourth-order valence-corrected chi connectivity index (χ4v) is 6.80. The van der Waals surface area contributed by atoms with Crippen molar-refractivity contribution in [2.24, 2.45) is 17.8 Å². The van der Waals surface area contributed by atoms with E-state index in [0.29, 0.717) is 49.5 Å². The van der Waals surface area contributed by atoms with Crippen LogP contribution in [0.25, 0.3) is 0 Å². The number of likely N-dealkylation sites (N-methyl/N-ethyl adjacent to an activating group) is 1. The molecule has 2 N–H and O–H groups in total. The molecule has 2 aliphatic rings. The van der Waals surface area contributed by atoms with Crippen LogP contribution in [0.1, 0.15) is 53.1 Å². The van der Waals surface area contributed by atoms with Crippen LogP contribution in [0, 0.1) is 17.8 Å². The van der Waals surface area contributed by atoms with Crippen molar-refractivity contribution >= 4 is 23.6 Å². The second kappa shape index (κ2) is 16.5. The number of nitrogens with one attached hydrogen (secondary N) is 2. The van der Waals surface area contributed by atoms with Gasteiger partial charge in [-0.25, -0.2) is 0 Å². The Balaban J connectivity index is 1.36. The van der Waals surface area contributed by atoms with Gasteiger partial charge in [0.1, 0.15) is 6.04 Å². The lowest BCUT2D eigenvalue weighted by molar-refractivity contribution is -0.133. The monoisotopic (exact) mass is 686 g/mol. The van der Waals surface area contributed by atoms with Gasteiger partial charge in [0.2, 0.25) is 17.7 Å². The van der Waals surface area contributed by atoms with Crippen molar-refractivity contribution < 1.29 is 33.4 Å². The summed E-state index contributed by atoms with van der Waals surface area (Å²) >= 11 is 0. The average molecular weight is 687 g/mol. The van der Waals surface area contributed by atoms with E-state index in [1.54, 1.807) is 41.1 Å². The van der Waals surface area contributed by atoms with E-state index in [0.717, 1.165) is 12.0 Å². The lowest BCUT2D eigenvalue weighted by Crippen LogP contribution is -2.56. The SMILES string of the molecule is CNC(=O)[C@H](CCCc1ccccc1)NC(=O)C1CN(C(=O)c2ccc(OC)nn2)CC2CN(C(=O)c3ccc(OC(C)C)c(OC)c3)CC21. The molecule has 13 heteroatoms. The molecule has 1 aromatic heterocycles. The number of fused-ring (bicyclic) bond motifs is 1. The van der Waals surface area contributed by atoms with Gasteiger partial charge in [-0.05, 0) is 74.8 Å². The number of nitrogens with zero attached hydrogens (tertiary/aromatic N) is 4. The van der Waals surface area contributed by atoms with Gasteiger partial charge in [0.25, 0.3) is 11.8 Å². The van der Waals surface area contributed by atoms with Gasteiger partial charge in [-0.15, -0.1) is 10.2 Å². The molecule has 3 aromatic rings. The van der Waals surface area contributed by atoms with E-state index in [1.165, 1.54) is 20.3 Å². The smallest absolute Gasteiger partial charge is 0.274 e. The van der Waals surface area contributed by atoms with Crippen LogP contribution in [0.3, 0.4) is 0 Å². The number of rotatable bonds is 13. The molecule has 4 atom stereocenters. The highest BCUT2D eigenvalue weighted by atomic mass is 16.5. The van der Waals surface area contributed by atoms with Crippen LogP contribution in [0.15, 0.2) is 60.7 Å². The molecule has 2 aliphatic heterocycles. The minimum atomic E-state index is -0.758. The molecule has 3 heterocycles. The maximum atomic E-state index is 14.1. The Morgan fingerprint density at radius 2 is 1.60 bits per heavy atom. The van der Waals surface area contributed by atoms with Gasteiger partial charge in [0.05, 0.1) is 26.2 Å². The van der Waals surface area contributed by atoms with Crippen LogP contribution in [-0.4, -0.2) is 103 Å². The molecule has 0 spiro atoms. The summed E-state index contributed by atoms with van der Waals surface area (Å²) in [7, 11) is 4.53. The third kappa shape index (κ3) is 8.50. The van der Waals surface area contributed by atoms with Crippen LogP contribution in [0.5, 0.6) is 17.4 Å². The summed E-state index contributed by atoms with van der Waals surface area (Å²) in [6.45, 7) is 4.90. The number of benzene rings is 2. The molecule has 266 valence electrons. The van der Waals surface area contributed by atoms with Crippen molar-refractivity contribution in [2.45, 2.75) is 45.3 Å². The first-order chi connectivity index (χ1) is 24.1. The maximum absolute atomic E-state index is 14.1. The van der Waals surface area contributed by atoms with Gasteiger partial charge in [-0.1, -0.05) is 30.3 Å². The third-order valence-electron chi connectivity index (χ3n) is 9.31. The zero-order valence-corrected chi connectivity index (χ0v) is 29.3. The van der Waals surface area contributed by atoms with E-state index < -0.39 is 12.0 Å². The molecule has 13 nitrogen and oxygen atoms in total. The second-order valence-electron chi connectivity index (χ2n) is 13.0. The third-order valence-corrected chi connectivity index (χ3v) is 9.31. The molecule has 3 unspecified atom stereocenters. The summed E-state index contributed by atoms with van der Waals surface area (Å²) in [5.74, 6) is -1.08. The number of carbonyl (C=O) groups is 4. The zero-order chi connectivity index (χ0) is 35.8. The van der Waals surface area contributed by atoms with E-state index in [9.17, 15) is 19.2 Å². The Labute approximate surface area is 292 Å². The highest BCUT2D eigenvalue weighted by Crippen LogP contribution is 2.37. The van der Waals surface area contributed by atoms with Crippen LogP contribution in [0.2, 0.25) is 0 Å². The van der Waals surface area contributed by atoms with Crippen LogP contribution >= 0.6 is 0 Å². The van der Waals surface area contributed by atoms with Crippen molar-refractivity contribution in [3.05, 3.63) is 77.5 Å². The van der Waals surface area contributed by atoms with Gasteiger partial charge < -0.3 is 34.6 Å². The minimum absolute atomic E-state index is 0.0725. The summed E-state index contributed by atoms with van der Waals surface area (Å²) in [6, 6.07) is 17.4. The molecule has 2 saturated heterocycles. The standard InChI is InChI=1S/C37H46N6O7/c1-23(2)50-31-16-14-25(18-32(31)48-4)36(46)42-19-26-20-43(37(47)30-15-17-33(49-5)41-40-30)22-28(27(26)21-42)34(44)39-29(35(45)38-3)13-9-12-24-10-7-6-8-11-24/h6-8,10-11,14-18,23,26-29H,9,12-13,19-22H2,1-5H3,(H,38,45)(H,39,44)/t26?,27?,28?,29-/m0/s1. The molecular formula is C37H46N6O7. The number of aromatic nitrogens is 2. The summed E-state index contributed by atoms with van der Waals surface area (Å²) in [6.07, 6.45) is 1.81. The Hall–Kier alpha value is -5.20. The molecule has 5 rings (SSSR count). The quantitative estimate of drug-likeness (QED) is 0.277. The Morgan fingerprint density at radius 3 is 2.24 bits per heavy atom. The molecular weight excluding hydrogens is 640 g/mol. The number of carbonyl (C=O) groups excluding carboxylic acids is 4. The van der Waals surface area contributed by atoms with Gasteiger partial charge >= 0.3 is 0 Å². The number of likely N-dealkylation sites (tertiary alicyclic amines) is 2. The molecule has 0 aliphatic carbocycles. The average Bonchev–Trinajstić information content (AvgIpc) is 3.58. The first-order valence-electron chi connectivity index (χ1n) is 17.0. The number of ether oxygens (including phenoxy) is 3. The minimum Gasteiger partial charge on any atom is -0.493 e. The summed E-state index contributed by atoms with van der Waals surface area (Å²) in [5.41, 5.74) is 1.70. The zero-order valence-electron chi connectivity index (χ0n) is 29.3. The molecule has 4 amide bonds. The van der Waals surface area contributed by atoms with Crippen LogP contribution in [-0.2, 0) is 16.0 Å². The maximum Gasteiger partial charge on any atom is 0.274 e. The highest BCUT2D eigenvalue weighted by molar-refractivity contribution is 5.96. The van der Waals surface area contributed by atoms with Gasteiger partial charge in [0.15, 0.2) is 17.2 Å². The summed E-state index contributed by atoms with van der Waals surface area (Å²) in [5, 5.41) is 13.7. The Morgan fingerprint density at radius 1 is 0.860 bits per heavy atom. The normalized spacial score (nSPS) is 19.0. The Bertz CT molecular complexity index is 1650. The molecule has 0 saturated carbocycles. The summed E-state index contributed by atoms with van der Waals surface area (Å²) in [4.78, 5) is 58.0. The fourth-order valence-electron chi connectivity index (χ4n) is 6.80. The predicted molar refractivity (Wildman–Crippen MR) is 185 cm³/mol. The number of hydrogen-bond donors (Lipinski definition) is 2. The van der Waals surface area contributed by atoms with Gasteiger partial charge in [-0.2, -0.15) is 0 Å². The van der Waals surface area contributed by atoms with Crippen molar-refractivity contribution in [1.29, 1.82) is 0 Å². The molecule has 2 aromatic carbocycles. The van der Waals surface area contributed by atoms with Crippen LogP contribution in [0.4, 0.5) is 0 Å². The highest BCUT2D eigenvalue weighted by Gasteiger charge is 2.48. The van der Waals surface area contributed by atoms with Gasteiger partial charge in [0, 0.05) is 44.9 Å². The van der Waals surface area contributed by atoms with E-state index in [4.69, 9.17) is 14.2 Å². The van der Waals surface area contributed by atoms with Crippen molar-refractivity contribution in [1.82, 2.24) is 30.6 Å². The number of amides is 4. The van der Waals surface area contributed by atoms with Crippen molar-refractivity contribution in [3.8, 4) is 17.4 Å². The van der Waals surface area contributed by atoms with E-state index in [-0.39, 0.29) is 59.7 Å². The van der Waals surface area contributed by atoms with E-state index in [1.807, 2.05) is 44.2 Å². The first-order valence-corrected chi connectivity index (χ1v) is 17.0. The molecule has 2 fully saturated rings. The topological polar surface area (TPSA) is 152 Å². The number of aryl methyl sites for hydroxylation is 1. The number of hydrogen-bond acceptors (Lipinski definition) is 9. The predicted octanol–water partition coefficient (Wildman–Crippen LogP) is 3.00. The fraction of sp³-hybridized carbons (Fsp3) is 0.459. The molecule has 0 bridgehead atoms. The largest absolute Gasteiger partial charge is 0.493 e. The lowest BCUT2D eigenvalue weighted by Gasteiger charge is -2.39. The Kier molecular flexibility index (Phi) is 11.9. The first kappa shape index (κ1) is 36.1. The van der Waals surface area contributed by atoms with Gasteiger partial charge in [-0.3, -0.25) is 19.2 Å². The van der Waals surface area contributed by atoms with Crippen molar-refractivity contribution in [3.63, 3.8) is 0 Å². The number of piperidine rings is 1.